The van der Waals surface area contributed by atoms with Crippen LogP contribution in [0.3, 0.4) is 0 Å². The Bertz CT molecular complexity index is 804. The maximum Gasteiger partial charge on any atom is 0.255 e. The molecule has 3 aromatic rings. The van der Waals surface area contributed by atoms with Gasteiger partial charge < -0.3 is 5.32 Å². The highest BCUT2D eigenvalue weighted by Crippen LogP contribution is 2.24. The molecule has 1 aromatic heterocycles. The number of nitrogens with one attached hydrogen (secondary N) is 1. The van der Waals surface area contributed by atoms with Gasteiger partial charge in [0.1, 0.15) is 0 Å². The summed E-state index contributed by atoms with van der Waals surface area (Å²) in [6.45, 7) is 0. The van der Waals surface area contributed by atoms with Crippen molar-refractivity contribution in [2.75, 3.05) is 5.32 Å². The van der Waals surface area contributed by atoms with Gasteiger partial charge in [0.05, 0.1) is 0 Å². The second-order valence-electron chi connectivity index (χ2n) is 5.15. The van der Waals surface area contributed by atoms with Gasteiger partial charge in [0, 0.05) is 28.1 Å². The van der Waals surface area contributed by atoms with Gasteiger partial charge in [-0.3, -0.25) is 9.78 Å². The minimum Gasteiger partial charge on any atom is -0.322 e. The molecule has 0 aliphatic carbocycles. The van der Waals surface area contributed by atoms with Gasteiger partial charge in [-0.2, -0.15) is 0 Å². The lowest BCUT2D eigenvalue weighted by atomic mass is 10.0. The molecule has 0 bridgehead atoms. The lowest BCUT2D eigenvalue weighted by Gasteiger charge is -2.12. The number of anilines is 1. The molecule has 3 rings (SSSR count). The van der Waals surface area contributed by atoms with Gasteiger partial charge >= 0.3 is 0 Å². The summed E-state index contributed by atoms with van der Waals surface area (Å²) in [6, 6.07) is 19.5. The largest absolute Gasteiger partial charge is 0.322 e. The van der Waals surface area contributed by atoms with E-state index in [0.717, 1.165) is 22.1 Å². The number of carbonyl (C=O) groups excluding carboxylic acids is 1. The number of carbonyl (C=O) groups is 1. The average Bonchev–Trinajstić information content (AvgIpc) is 2.59. The zero-order valence-electron chi connectivity index (χ0n) is 12.4. The normalized spacial score (nSPS) is 10.3. The number of hydrogen-bond acceptors (Lipinski definition) is 2. The summed E-state index contributed by atoms with van der Waals surface area (Å²) in [5.74, 6) is -0.135. The van der Waals surface area contributed by atoms with E-state index >= 15 is 0 Å². The average molecular weight is 367 g/mol. The molecular formula is C19H15BrN2O. The first kappa shape index (κ1) is 15.4. The van der Waals surface area contributed by atoms with E-state index in [1.54, 1.807) is 24.5 Å². The monoisotopic (exact) mass is 366 g/mol. The number of pyridine rings is 1. The molecule has 0 aliphatic rings. The summed E-state index contributed by atoms with van der Waals surface area (Å²) in [5.41, 5.74) is 3.67. The fourth-order valence-corrected chi connectivity index (χ4v) is 2.75. The summed E-state index contributed by atoms with van der Waals surface area (Å²) >= 11 is 3.50. The van der Waals surface area contributed by atoms with Gasteiger partial charge in [-0.15, -0.1) is 0 Å². The molecule has 1 heterocycles. The molecule has 3 nitrogen and oxygen atoms in total. The second-order valence-corrected chi connectivity index (χ2v) is 6.07. The molecule has 0 saturated carbocycles. The maximum atomic E-state index is 12.4. The van der Waals surface area contributed by atoms with Gasteiger partial charge in [-0.05, 0) is 47.9 Å². The summed E-state index contributed by atoms with van der Waals surface area (Å²) in [7, 11) is 0. The summed E-state index contributed by atoms with van der Waals surface area (Å²) in [5, 5.41) is 2.99. The van der Waals surface area contributed by atoms with E-state index < -0.39 is 0 Å². The van der Waals surface area contributed by atoms with E-state index in [9.17, 15) is 4.79 Å². The van der Waals surface area contributed by atoms with Gasteiger partial charge in [0.25, 0.3) is 5.91 Å². The minimum absolute atomic E-state index is 0.135. The second kappa shape index (κ2) is 7.20. The Morgan fingerprint density at radius 2 is 1.74 bits per heavy atom. The Hall–Kier alpha value is -2.46. The van der Waals surface area contributed by atoms with Gasteiger partial charge in [0.2, 0.25) is 0 Å². The summed E-state index contributed by atoms with van der Waals surface area (Å²) in [4.78, 5) is 16.3. The van der Waals surface area contributed by atoms with Crippen LogP contribution in [-0.2, 0) is 6.42 Å². The predicted molar refractivity (Wildman–Crippen MR) is 95.6 cm³/mol. The van der Waals surface area contributed by atoms with Gasteiger partial charge in [-0.1, -0.05) is 46.3 Å². The molecule has 1 amide bonds. The Kier molecular flexibility index (Phi) is 4.83. The zero-order chi connectivity index (χ0) is 16.1. The van der Waals surface area contributed by atoms with E-state index in [-0.39, 0.29) is 5.91 Å². The molecule has 0 atom stereocenters. The standard InChI is InChI=1S/C19H15BrN2O/c20-17-6-7-18(22-19(23)15-8-10-21-11-9-15)16(13-17)12-14-4-2-1-3-5-14/h1-11,13H,12H2,(H,22,23). The van der Waals surface area contributed by atoms with Crippen molar-refractivity contribution in [2.45, 2.75) is 6.42 Å². The van der Waals surface area contributed by atoms with Crippen molar-refractivity contribution < 1.29 is 4.79 Å². The Morgan fingerprint density at radius 3 is 2.48 bits per heavy atom. The third-order valence-electron chi connectivity index (χ3n) is 3.50. The van der Waals surface area contributed by atoms with Crippen LogP contribution in [-0.4, -0.2) is 10.9 Å². The molecule has 4 heteroatoms. The third-order valence-corrected chi connectivity index (χ3v) is 3.99. The Morgan fingerprint density at radius 1 is 1.00 bits per heavy atom. The van der Waals surface area contributed by atoms with E-state index in [2.05, 4.69) is 38.4 Å². The number of halogens is 1. The molecule has 0 saturated heterocycles. The fourth-order valence-electron chi connectivity index (χ4n) is 2.34. The van der Waals surface area contributed by atoms with Crippen molar-refractivity contribution in [1.82, 2.24) is 4.98 Å². The number of hydrogen-bond donors (Lipinski definition) is 1. The van der Waals surface area contributed by atoms with Crippen molar-refractivity contribution in [3.8, 4) is 0 Å². The molecule has 2 aromatic carbocycles. The topological polar surface area (TPSA) is 42.0 Å². The SMILES string of the molecule is O=C(Nc1ccc(Br)cc1Cc1ccccc1)c1ccncc1. The quantitative estimate of drug-likeness (QED) is 0.727. The van der Waals surface area contributed by atoms with Crippen LogP contribution >= 0.6 is 15.9 Å². The minimum atomic E-state index is -0.135. The van der Waals surface area contributed by atoms with Crippen molar-refractivity contribution in [1.29, 1.82) is 0 Å². The van der Waals surface area contributed by atoms with Crippen molar-refractivity contribution >= 4 is 27.5 Å². The highest BCUT2D eigenvalue weighted by molar-refractivity contribution is 9.10. The van der Waals surface area contributed by atoms with E-state index in [1.165, 1.54) is 5.56 Å². The predicted octanol–water partition coefficient (Wildman–Crippen LogP) is 4.69. The van der Waals surface area contributed by atoms with Gasteiger partial charge in [0.15, 0.2) is 0 Å². The van der Waals surface area contributed by atoms with Crippen LogP contribution in [0, 0.1) is 0 Å². The highest BCUT2D eigenvalue weighted by Gasteiger charge is 2.10. The molecule has 0 aliphatic heterocycles. The number of rotatable bonds is 4. The Balaban J connectivity index is 1.86. The number of benzene rings is 2. The van der Waals surface area contributed by atoms with E-state index in [0.29, 0.717) is 5.56 Å². The van der Waals surface area contributed by atoms with Crippen LogP contribution in [0.25, 0.3) is 0 Å². The van der Waals surface area contributed by atoms with Crippen LogP contribution in [0.1, 0.15) is 21.5 Å². The molecular weight excluding hydrogens is 352 g/mol. The first-order valence-electron chi connectivity index (χ1n) is 7.26. The number of aromatic nitrogens is 1. The lowest BCUT2D eigenvalue weighted by molar-refractivity contribution is 0.102. The smallest absolute Gasteiger partial charge is 0.255 e. The van der Waals surface area contributed by atoms with Crippen LogP contribution < -0.4 is 5.32 Å². The molecule has 23 heavy (non-hydrogen) atoms. The molecule has 1 N–H and O–H groups in total. The van der Waals surface area contributed by atoms with Crippen LogP contribution in [0.4, 0.5) is 5.69 Å². The van der Waals surface area contributed by atoms with Gasteiger partial charge in [-0.25, -0.2) is 0 Å². The number of amides is 1. The van der Waals surface area contributed by atoms with Crippen molar-refractivity contribution in [3.05, 3.63) is 94.2 Å². The first-order valence-corrected chi connectivity index (χ1v) is 8.05. The van der Waals surface area contributed by atoms with E-state index in [4.69, 9.17) is 0 Å². The molecule has 0 spiro atoms. The number of nitrogens with zero attached hydrogens (tertiary/aromatic N) is 1. The molecule has 0 fully saturated rings. The lowest BCUT2D eigenvalue weighted by Crippen LogP contribution is -2.13. The third kappa shape index (κ3) is 4.05. The summed E-state index contributed by atoms with van der Waals surface area (Å²) < 4.78 is 0.991. The molecule has 114 valence electrons. The van der Waals surface area contributed by atoms with Crippen LogP contribution in [0.15, 0.2) is 77.5 Å². The van der Waals surface area contributed by atoms with Crippen LogP contribution in [0.5, 0.6) is 0 Å². The molecule has 0 radical (unpaired) electrons. The Labute approximate surface area is 143 Å². The van der Waals surface area contributed by atoms with E-state index in [1.807, 2.05) is 36.4 Å². The fraction of sp³-hybridized carbons (Fsp3) is 0.0526. The first-order chi connectivity index (χ1) is 11.2. The summed E-state index contributed by atoms with van der Waals surface area (Å²) in [6.07, 6.45) is 3.98. The van der Waals surface area contributed by atoms with Crippen LogP contribution in [0.2, 0.25) is 0 Å². The van der Waals surface area contributed by atoms with Crippen molar-refractivity contribution in [3.63, 3.8) is 0 Å². The maximum absolute atomic E-state index is 12.4. The zero-order valence-corrected chi connectivity index (χ0v) is 14.0. The highest BCUT2D eigenvalue weighted by atomic mass is 79.9. The van der Waals surface area contributed by atoms with Crippen molar-refractivity contribution in [2.24, 2.45) is 0 Å². The molecule has 0 unspecified atom stereocenters.